The molecule has 0 aromatic heterocycles. The van der Waals surface area contributed by atoms with Crippen LogP contribution in [0.25, 0.3) is 0 Å². The first-order valence-corrected chi connectivity index (χ1v) is 6.70. The van der Waals surface area contributed by atoms with Crippen molar-refractivity contribution in [2.75, 3.05) is 6.54 Å². The van der Waals surface area contributed by atoms with Gasteiger partial charge in [-0.15, -0.1) is 0 Å². The number of aliphatic hydroxyl groups is 1. The third kappa shape index (κ3) is 3.33. The second-order valence-corrected chi connectivity index (χ2v) is 5.77. The summed E-state index contributed by atoms with van der Waals surface area (Å²) in [6.45, 7) is 1.40. The van der Waals surface area contributed by atoms with Crippen LogP contribution in [0.15, 0.2) is 23.1 Å². The Hall–Kier alpha value is -0.330. The predicted molar refractivity (Wildman–Crippen MR) is 63.3 cm³/mol. The van der Waals surface area contributed by atoms with E-state index in [-0.39, 0.29) is 21.5 Å². The van der Waals surface area contributed by atoms with Crippen LogP contribution < -0.4 is 4.72 Å². The third-order valence-corrected chi connectivity index (χ3v) is 4.17. The molecule has 0 radical (unpaired) electrons. The van der Waals surface area contributed by atoms with E-state index in [1.165, 1.54) is 25.1 Å². The van der Waals surface area contributed by atoms with Crippen LogP contribution in [0.2, 0.25) is 10.0 Å². The molecule has 0 saturated carbocycles. The van der Waals surface area contributed by atoms with Crippen LogP contribution in [0, 0.1) is 0 Å². The molecule has 0 saturated heterocycles. The van der Waals surface area contributed by atoms with Gasteiger partial charge in [0.05, 0.1) is 16.1 Å². The number of hydrogen-bond acceptors (Lipinski definition) is 3. The van der Waals surface area contributed by atoms with E-state index in [2.05, 4.69) is 4.72 Å². The molecule has 7 heteroatoms. The summed E-state index contributed by atoms with van der Waals surface area (Å²) in [5.74, 6) is 0. The third-order valence-electron chi connectivity index (χ3n) is 1.77. The maximum absolute atomic E-state index is 11.7. The quantitative estimate of drug-likeness (QED) is 0.883. The Morgan fingerprint density at radius 2 is 2.06 bits per heavy atom. The van der Waals surface area contributed by atoms with Crippen molar-refractivity contribution < 1.29 is 13.5 Å². The fourth-order valence-corrected chi connectivity index (χ4v) is 2.88. The molecule has 90 valence electrons. The van der Waals surface area contributed by atoms with Gasteiger partial charge in [-0.1, -0.05) is 29.3 Å². The average Bonchev–Trinajstić information content (AvgIpc) is 2.19. The Bertz CT molecular complexity index is 474. The minimum absolute atomic E-state index is 0.0257. The fraction of sp³-hybridized carbons (Fsp3) is 0.333. The van der Waals surface area contributed by atoms with Gasteiger partial charge in [-0.3, -0.25) is 0 Å². The number of rotatable bonds is 4. The molecule has 0 aliphatic heterocycles. The van der Waals surface area contributed by atoms with Gasteiger partial charge in [-0.25, -0.2) is 13.1 Å². The van der Waals surface area contributed by atoms with Crippen molar-refractivity contribution in [3.63, 3.8) is 0 Å². The van der Waals surface area contributed by atoms with Crippen LogP contribution in [0.1, 0.15) is 6.92 Å². The van der Waals surface area contributed by atoms with Crippen molar-refractivity contribution in [3.8, 4) is 0 Å². The zero-order chi connectivity index (χ0) is 12.3. The lowest BCUT2D eigenvalue weighted by Crippen LogP contribution is -2.30. The molecule has 1 aromatic rings. The van der Waals surface area contributed by atoms with Crippen molar-refractivity contribution in [2.45, 2.75) is 17.9 Å². The summed E-state index contributed by atoms with van der Waals surface area (Å²) in [6.07, 6.45) is -0.771. The number of aliphatic hydroxyl groups excluding tert-OH is 1. The number of sulfonamides is 1. The molecular weight excluding hydrogens is 273 g/mol. The van der Waals surface area contributed by atoms with Gasteiger partial charge in [0, 0.05) is 6.54 Å². The molecule has 0 amide bonds. The van der Waals surface area contributed by atoms with E-state index in [4.69, 9.17) is 28.3 Å². The smallest absolute Gasteiger partial charge is 0.242 e. The van der Waals surface area contributed by atoms with Crippen LogP contribution >= 0.6 is 23.2 Å². The molecule has 4 nitrogen and oxygen atoms in total. The van der Waals surface area contributed by atoms with E-state index < -0.39 is 16.1 Å². The highest BCUT2D eigenvalue weighted by Crippen LogP contribution is 2.28. The normalized spacial score (nSPS) is 13.8. The van der Waals surface area contributed by atoms with E-state index in [1.54, 1.807) is 0 Å². The van der Waals surface area contributed by atoms with Crippen LogP contribution in [0.3, 0.4) is 0 Å². The second kappa shape index (κ2) is 5.33. The summed E-state index contributed by atoms with van der Waals surface area (Å²) in [5.41, 5.74) is 0. The van der Waals surface area contributed by atoms with E-state index in [9.17, 15) is 8.42 Å². The maximum atomic E-state index is 11.7. The van der Waals surface area contributed by atoms with Gasteiger partial charge in [0.2, 0.25) is 10.0 Å². The molecule has 0 aliphatic carbocycles. The molecular formula is C9H11Cl2NO3S. The van der Waals surface area contributed by atoms with Gasteiger partial charge in [0.1, 0.15) is 4.90 Å². The lowest BCUT2D eigenvalue weighted by Gasteiger charge is -2.10. The Morgan fingerprint density at radius 3 is 2.62 bits per heavy atom. The SMILES string of the molecule is CC(O)CNS(=O)(=O)c1cccc(Cl)c1Cl. The van der Waals surface area contributed by atoms with Gasteiger partial charge < -0.3 is 5.11 Å². The standard InChI is InChI=1S/C9H11Cl2NO3S/c1-6(13)5-12-16(14,15)8-4-2-3-7(10)9(8)11/h2-4,6,12-13H,5H2,1H3. The summed E-state index contributed by atoms with van der Waals surface area (Å²) in [7, 11) is -3.73. The second-order valence-electron chi connectivity index (χ2n) is 3.25. The van der Waals surface area contributed by atoms with Crippen LogP contribution in [0.5, 0.6) is 0 Å². The lowest BCUT2D eigenvalue weighted by molar-refractivity contribution is 0.198. The predicted octanol–water partition coefficient (Wildman–Crippen LogP) is 1.65. The van der Waals surface area contributed by atoms with Crippen molar-refractivity contribution >= 4 is 33.2 Å². The molecule has 1 rings (SSSR count). The molecule has 0 fully saturated rings. The van der Waals surface area contributed by atoms with E-state index in [0.29, 0.717) is 0 Å². The molecule has 2 N–H and O–H groups in total. The van der Waals surface area contributed by atoms with Crippen molar-refractivity contribution in [3.05, 3.63) is 28.2 Å². The highest BCUT2D eigenvalue weighted by atomic mass is 35.5. The summed E-state index contributed by atoms with van der Waals surface area (Å²) in [4.78, 5) is -0.0951. The zero-order valence-corrected chi connectivity index (χ0v) is 10.8. The number of hydrogen-bond donors (Lipinski definition) is 2. The van der Waals surface area contributed by atoms with Gasteiger partial charge >= 0.3 is 0 Å². The first kappa shape index (κ1) is 13.7. The number of benzene rings is 1. The van der Waals surface area contributed by atoms with Crippen molar-refractivity contribution in [1.29, 1.82) is 0 Å². The van der Waals surface area contributed by atoms with Crippen LogP contribution in [0.4, 0.5) is 0 Å². The Balaban J connectivity index is 3.03. The number of nitrogens with one attached hydrogen (secondary N) is 1. The zero-order valence-electron chi connectivity index (χ0n) is 8.44. The Morgan fingerprint density at radius 1 is 1.44 bits per heavy atom. The van der Waals surface area contributed by atoms with E-state index in [1.807, 2.05) is 0 Å². The molecule has 16 heavy (non-hydrogen) atoms. The largest absolute Gasteiger partial charge is 0.392 e. The van der Waals surface area contributed by atoms with Gasteiger partial charge in [0.15, 0.2) is 0 Å². The highest BCUT2D eigenvalue weighted by Gasteiger charge is 2.19. The molecule has 1 aromatic carbocycles. The summed E-state index contributed by atoms with van der Waals surface area (Å²) in [6, 6.07) is 4.33. The molecule has 1 unspecified atom stereocenters. The van der Waals surface area contributed by atoms with Crippen molar-refractivity contribution in [1.82, 2.24) is 4.72 Å². The number of halogens is 2. The monoisotopic (exact) mass is 283 g/mol. The van der Waals surface area contributed by atoms with E-state index in [0.717, 1.165) is 0 Å². The molecule has 0 spiro atoms. The molecule has 0 aliphatic rings. The minimum atomic E-state index is -3.73. The maximum Gasteiger partial charge on any atom is 0.242 e. The van der Waals surface area contributed by atoms with Gasteiger partial charge in [-0.05, 0) is 19.1 Å². The average molecular weight is 284 g/mol. The van der Waals surface area contributed by atoms with Gasteiger partial charge in [0.25, 0.3) is 0 Å². The highest BCUT2D eigenvalue weighted by molar-refractivity contribution is 7.89. The summed E-state index contributed by atoms with van der Waals surface area (Å²) < 4.78 is 25.7. The Labute approximate surface area is 104 Å². The first-order chi connectivity index (χ1) is 7.34. The summed E-state index contributed by atoms with van der Waals surface area (Å²) >= 11 is 11.5. The van der Waals surface area contributed by atoms with Crippen molar-refractivity contribution in [2.24, 2.45) is 0 Å². The van der Waals surface area contributed by atoms with E-state index >= 15 is 0 Å². The van der Waals surface area contributed by atoms with Crippen LogP contribution in [-0.2, 0) is 10.0 Å². The summed E-state index contributed by atoms with van der Waals surface area (Å²) in [5, 5.41) is 9.14. The first-order valence-electron chi connectivity index (χ1n) is 4.46. The Kier molecular flexibility index (Phi) is 4.58. The minimum Gasteiger partial charge on any atom is -0.392 e. The topological polar surface area (TPSA) is 66.4 Å². The van der Waals surface area contributed by atoms with Crippen LogP contribution in [-0.4, -0.2) is 26.2 Å². The molecule has 0 heterocycles. The molecule has 1 atom stereocenters. The fourth-order valence-electron chi connectivity index (χ4n) is 1.000. The molecule has 0 bridgehead atoms. The lowest BCUT2D eigenvalue weighted by atomic mass is 10.4. The van der Waals surface area contributed by atoms with Gasteiger partial charge in [-0.2, -0.15) is 0 Å².